The van der Waals surface area contributed by atoms with Crippen LogP contribution in [-0.2, 0) is 5.75 Å². The lowest BCUT2D eigenvalue weighted by Gasteiger charge is -2.04. The molecular formula is C12H15N5S. The Labute approximate surface area is 110 Å². The highest BCUT2D eigenvalue weighted by Crippen LogP contribution is 2.11. The van der Waals surface area contributed by atoms with E-state index in [4.69, 9.17) is 5.73 Å². The van der Waals surface area contributed by atoms with Crippen molar-refractivity contribution in [3.63, 3.8) is 0 Å². The van der Waals surface area contributed by atoms with E-state index in [0.29, 0.717) is 5.95 Å². The minimum atomic E-state index is 0.240. The number of nitrogens with two attached hydrogens (primary N) is 1. The molecule has 0 spiro atoms. The van der Waals surface area contributed by atoms with Gasteiger partial charge in [-0.1, -0.05) is 30.3 Å². The van der Waals surface area contributed by atoms with Gasteiger partial charge >= 0.3 is 0 Å². The quantitative estimate of drug-likeness (QED) is 0.772. The van der Waals surface area contributed by atoms with Crippen molar-refractivity contribution < 1.29 is 0 Å². The van der Waals surface area contributed by atoms with Crippen LogP contribution < -0.4 is 11.1 Å². The molecule has 1 aromatic carbocycles. The first kappa shape index (κ1) is 12.6. The highest BCUT2D eigenvalue weighted by atomic mass is 32.2. The number of benzene rings is 1. The van der Waals surface area contributed by atoms with E-state index in [0.717, 1.165) is 18.1 Å². The van der Waals surface area contributed by atoms with Gasteiger partial charge in [0.25, 0.3) is 0 Å². The Balaban J connectivity index is 1.65. The van der Waals surface area contributed by atoms with Gasteiger partial charge in [0.2, 0.25) is 11.9 Å². The summed E-state index contributed by atoms with van der Waals surface area (Å²) in [5, 5.41) is 3.11. The summed E-state index contributed by atoms with van der Waals surface area (Å²) in [6.45, 7) is 0.807. The molecule has 0 aliphatic carbocycles. The molecule has 6 heteroatoms. The second-order valence-electron chi connectivity index (χ2n) is 3.63. The molecular weight excluding hydrogens is 246 g/mol. The van der Waals surface area contributed by atoms with E-state index in [1.54, 1.807) is 0 Å². The Morgan fingerprint density at radius 1 is 1.17 bits per heavy atom. The first-order chi connectivity index (χ1) is 8.84. The Morgan fingerprint density at radius 2 is 2.00 bits per heavy atom. The third kappa shape index (κ3) is 4.21. The number of nitrogen functional groups attached to an aromatic ring is 1. The molecule has 0 saturated heterocycles. The van der Waals surface area contributed by atoms with E-state index in [1.165, 1.54) is 11.9 Å². The van der Waals surface area contributed by atoms with Gasteiger partial charge in [0.15, 0.2) is 0 Å². The summed E-state index contributed by atoms with van der Waals surface area (Å²) in [6, 6.07) is 10.4. The SMILES string of the molecule is Nc1ncnc(NCCSCc2ccccc2)n1. The zero-order chi connectivity index (χ0) is 12.6. The fourth-order valence-electron chi connectivity index (χ4n) is 1.39. The predicted molar refractivity (Wildman–Crippen MR) is 75.3 cm³/mol. The molecule has 0 atom stereocenters. The lowest BCUT2D eigenvalue weighted by molar-refractivity contribution is 1.03. The van der Waals surface area contributed by atoms with E-state index < -0.39 is 0 Å². The topological polar surface area (TPSA) is 76.7 Å². The van der Waals surface area contributed by atoms with Gasteiger partial charge in [-0.15, -0.1) is 0 Å². The molecule has 0 aliphatic rings. The maximum absolute atomic E-state index is 5.46. The maximum atomic E-state index is 5.46. The highest BCUT2D eigenvalue weighted by molar-refractivity contribution is 7.98. The van der Waals surface area contributed by atoms with E-state index in [9.17, 15) is 0 Å². The molecule has 2 rings (SSSR count). The lowest BCUT2D eigenvalue weighted by Crippen LogP contribution is -2.09. The summed E-state index contributed by atoms with van der Waals surface area (Å²) in [5.74, 6) is 2.77. The summed E-state index contributed by atoms with van der Waals surface area (Å²) in [7, 11) is 0. The van der Waals surface area contributed by atoms with Crippen molar-refractivity contribution in [1.29, 1.82) is 0 Å². The average molecular weight is 261 g/mol. The highest BCUT2D eigenvalue weighted by Gasteiger charge is 1.97. The third-order valence-electron chi connectivity index (χ3n) is 2.23. The fraction of sp³-hybridized carbons (Fsp3) is 0.250. The van der Waals surface area contributed by atoms with Gasteiger partial charge in [-0.2, -0.15) is 16.7 Å². The van der Waals surface area contributed by atoms with Crippen molar-refractivity contribution in [3.8, 4) is 0 Å². The smallest absolute Gasteiger partial charge is 0.227 e. The minimum Gasteiger partial charge on any atom is -0.368 e. The van der Waals surface area contributed by atoms with Crippen LogP contribution in [0.15, 0.2) is 36.7 Å². The summed E-state index contributed by atoms with van der Waals surface area (Å²) in [4.78, 5) is 11.7. The lowest BCUT2D eigenvalue weighted by atomic mass is 10.2. The van der Waals surface area contributed by atoms with Crippen LogP contribution in [0.1, 0.15) is 5.56 Å². The van der Waals surface area contributed by atoms with Crippen LogP contribution in [-0.4, -0.2) is 27.2 Å². The summed E-state index contributed by atoms with van der Waals surface area (Å²) in [5.41, 5.74) is 6.80. The van der Waals surface area contributed by atoms with Crippen molar-refractivity contribution in [2.75, 3.05) is 23.3 Å². The normalized spacial score (nSPS) is 10.2. The molecule has 0 amide bonds. The predicted octanol–water partition coefficient (Wildman–Crippen LogP) is 1.80. The Hall–Kier alpha value is -1.82. The molecule has 1 heterocycles. The van der Waals surface area contributed by atoms with Crippen LogP contribution >= 0.6 is 11.8 Å². The van der Waals surface area contributed by atoms with Crippen LogP contribution in [0.2, 0.25) is 0 Å². The van der Waals surface area contributed by atoms with Gasteiger partial charge in [-0.25, -0.2) is 9.97 Å². The van der Waals surface area contributed by atoms with Crippen molar-refractivity contribution >= 4 is 23.7 Å². The van der Waals surface area contributed by atoms with Gasteiger partial charge < -0.3 is 11.1 Å². The molecule has 2 aromatic rings. The van der Waals surface area contributed by atoms with Gasteiger partial charge in [0.1, 0.15) is 6.33 Å². The van der Waals surface area contributed by atoms with E-state index in [2.05, 4.69) is 44.5 Å². The monoisotopic (exact) mass is 261 g/mol. The zero-order valence-electron chi connectivity index (χ0n) is 9.91. The molecule has 0 fully saturated rings. The third-order valence-corrected chi connectivity index (χ3v) is 3.26. The van der Waals surface area contributed by atoms with Gasteiger partial charge in [-0.3, -0.25) is 0 Å². The molecule has 0 unspecified atom stereocenters. The second kappa shape index (κ2) is 6.80. The van der Waals surface area contributed by atoms with E-state index >= 15 is 0 Å². The fourth-order valence-corrected chi connectivity index (χ4v) is 2.21. The molecule has 3 N–H and O–H groups in total. The van der Waals surface area contributed by atoms with Crippen molar-refractivity contribution in [2.45, 2.75) is 5.75 Å². The Morgan fingerprint density at radius 3 is 2.78 bits per heavy atom. The van der Waals surface area contributed by atoms with E-state index in [1.807, 2.05) is 17.8 Å². The van der Waals surface area contributed by atoms with Crippen molar-refractivity contribution in [2.24, 2.45) is 0 Å². The first-order valence-corrected chi connectivity index (χ1v) is 6.80. The number of hydrogen-bond acceptors (Lipinski definition) is 6. The Bertz CT molecular complexity index is 477. The molecule has 0 saturated carbocycles. The van der Waals surface area contributed by atoms with Gasteiger partial charge in [0.05, 0.1) is 0 Å². The first-order valence-electron chi connectivity index (χ1n) is 5.64. The largest absolute Gasteiger partial charge is 0.368 e. The molecule has 0 bridgehead atoms. The van der Waals surface area contributed by atoms with Crippen LogP contribution in [0.25, 0.3) is 0 Å². The summed E-state index contributed by atoms with van der Waals surface area (Å²) < 4.78 is 0. The molecule has 5 nitrogen and oxygen atoms in total. The number of nitrogens with zero attached hydrogens (tertiary/aromatic N) is 3. The number of rotatable bonds is 6. The second-order valence-corrected chi connectivity index (χ2v) is 4.74. The molecule has 18 heavy (non-hydrogen) atoms. The number of thioether (sulfide) groups is 1. The van der Waals surface area contributed by atoms with Crippen molar-refractivity contribution in [3.05, 3.63) is 42.2 Å². The van der Waals surface area contributed by atoms with Crippen molar-refractivity contribution in [1.82, 2.24) is 15.0 Å². The number of anilines is 2. The van der Waals surface area contributed by atoms with Crippen LogP contribution in [0, 0.1) is 0 Å². The standard InChI is InChI=1S/C12H15N5S/c13-11-15-9-16-12(17-11)14-6-7-18-8-10-4-2-1-3-5-10/h1-5,9H,6-8H2,(H3,13,14,15,16,17). The van der Waals surface area contributed by atoms with Crippen LogP contribution in [0.5, 0.6) is 0 Å². The molecule has 0 radical (unpaired) electrons. The number of hydrogen-bond donors (Lipinski definition) is 2. The van der Waals surface area contributed by atoms with Crippen LogP contribution in [0.4, 0.5) is 11.9 Å². The van der Waals surface area contributed by atoms with Gasteiger partial charge in [0, 0.05) is 18.1 Å². The van der Waals surface area contributed by atoms with Gasteiger partial charge in [-0.05, 0) is 5.56 Å². The molecule has 94 valence electrons. The average Bonchev–Trinajstić information content (AvgIpc) is 2.40. The number of nitrogens with one attached hydrogen (secondary N) is 1. The minimum absolute atomic E-state index is 0.240. The Kier molecular flexibility index (Phi) is 4.78. The summed E-state index contributed by atoms with van der Waals surface area (Å²) >= 11 is 1.86. The van der Waals surface area contributed by atoms with E-state index in [-0.39, 0.29) is 5.95 Å². The molecule has 1 aromatic heterocycles. The molecule has 0 aliphatic heterocycles. The number of aromatic nitrogens is 3. The maximum Gasteiger partial charge on any atom is 0.227 e. The zero-order valence-corrected chi connectivity index (χ0v) is 10.7. The summed E-state index contributed by atoms with van der Waals surface area (Å²) in [6.07, 6.45) is 1.40. The van der Waals surface area contributed by atoms with Crippen LogP contribution in [0.3, 0.4) is 0 Å².